The first-order chi connectivity index (χ1) is 11.2. The van der Waals surface area contributed by atoms with Crippen LogP contribution in [0.15, 0.2) is 47.4 Å². The van der Waals surface area contributed by atoms with Gasteiger partial charge in [0.2, 0.25) is 15.9 Å². The summed E-state index contributed by atoms with van der Waals surface area (Å²) in [5, 5.41) is 2.77. The van der Waals surface area contributed by atoms with Crippen molar-refractivity contribution < 1.29 is 13.2 Å². The van der Waals surface area contributed by atoms with Crippen molar-refractivity contribution in [1.82, 2.24) is 4.72 Å². The van der Waals surface area contributed by atoms with E-state index in [1.165, 1.54) is 19.1 Å². The lowest BCUT2D eigenvalue weighted by Gasteiger charge is -2.16. The predicted octanol–water partition coefficient (Wildman–Crippen LogP) is 2.92. The third-order valence-electron chi connectivity index (χ3n) is 3.71. The van der Waals surface area contributed by atoms with Crippen molar-refractivity contribution in [2.24, 2.45) is 0 Å². The highest BCUT2D eigenvalue weighted by atomic mass is 32.2. The molecule has 0 aliphatic carbocycles. The van der Waals surface area contributed by atoms with E-state index in [1.807, 2.05) is 39.0 Å². The van der Waals surface area contributed by atoms with Crippen molar-refractivity contribution in [3.63, 3.8) is 0 Å². The molecule has 0 saturated carbocycles. The molecule has 1 amide bonds. The van der Waals surface area contributed by atoms with Gasteiger partial charge in [-0.3, -0.25) is 4.79 Å². The minimum absolute atomic E-state index is 0.138. The van der Waals surface area contributed by atoms with Crippen LogP contribution < -0.4 is 10.0 Å². The summed E-state index contributed by atoms with van der Waals surface area (Å²) in [6, 6.07) is 11.3. The highest BCUT2D eigenvalue weighted by molar-refractivity contribution is 7.89. The van der Waals surface area contributed by atoms with Crippen LogP contribution in [0.3, 0.4) is 0 Å². The molecule has 0 aromatic heterocycles. The summed E-state index contributed by atoms with van der Waals surface area (Å²) in [5.74, 6) is -0.403. The van der Waals surface area contributed by atoms with Crippen LogP contribution in [0.2, 0.25) is 0 Å². The molecular weight excluding hydrogens is 324 g/mol. The molecule has 24 heavy (non-hydrogen) atoms. The summed E-state index contributed by atoms with van der Waals surface area (Å²) in [4.78, 5) is 12.4. The molecule has 0 unspecified atom stereocenters. The lowest BCUT2D eigenvalue weighted by Crippen LogP contribution is -2.41. The number of sulfonamides is 1. The number of aryl methyl sites for hydroxylation is 3. The van der Waals surface area contributed by atoms with E-state index in [9.17, 15) is 13.2 Å². The first kappa shape index (κ1) is 18.2. The van der Waals surface area contributed by atoms with Gasteiger partial charge in [0, 0.05) is 5.69 Å². The zero-order valence-electron chi connectivity index (χ0n) is 14.3. The zero-order valence-corrected chi connectivity index (χ0v) is 15.1. The largest absolute Gasteiger partial charge is 0.324 e. The molecule has 0 heterocycles. The third-order valence-corrected chi connectivity index (χ3v) is 5.26. The van der Waals surface area contributed by atoms with Crippen LogP contribution in [-0.4, -0.2) is 20.4 Å². The first-order valence-electron chi connectivity index (χ1n) is 7.66. The summed E-state index contributed by atoms with van der Waals surface area (Å²) in [6.07, 6.45) is 0. The number of hydrogen-bond acceptors (Lipinski definition) is 3. The molecule has 2 N–H and O–H groups in total. The van der Waals surface area contributed by atoms with Crippen molar-refractivity contribution in [2.45, 2.75) is 38.6 Å². The fourth-order valence-electron chi connectivity index (χ4n) is 2.18. The van der Waals surface area contributed by atoms with Crippen LogP contribution in [0, 0.1) is 20.8 Å². The van der Waals surface area contributed by atoms with Gasteiger partial charge in [0.25, 0.3) is 0 Å². The van der Waals surface area contributed by atoms with Gasteiger partial charge in [-0.15, -0.1) is 0 Å². The molecule has 2 aromatic carbocycles. The minimum atomic E-state index is -3.74. The summed E-state index contributed by atoms with van der Waals surface area (Å²) in [6.45, 7) is 7.21. The Balaban J connectivity index is 2.10. The number of amides is 1. The lowest BCUT2D eigenvalue weighted by atomic mass is 10.1. The van der Waals surface area contributed by atoms with E-state index in [-0.39, 0.29) is 4.90 Å². The Morgan fingerprint density at radius 3 is 2.17 bits per heavy atom. The maximum atomic E-state index is 12.3. The standard InChI is InChI=1S/C18H22N2O3S/c1-12-6-9-16(10-7-12)24(22,23)20-15(4)18(21)19-17-11-13(2)5-8-14(17)3/h5-11,15,20H,1-4H3,(H,19,21)/t15-/m0/s1. The van der Waals surface area contributed by atoms with Crippen LogP contribution in [0.25, 0.3) is 0 Å². The van der Waals surface area contributed by atoms with Gasteiger partial charge in [0.1, 0.15) is 0 Å². The van der Waals surface area contributed by atoms with Gasteiger partial charge >= 0.3 is 0 Å². The second-order valence-corrected chi connectivity index (χ2v) is 7.68. The second-order valence-electron chi connectivity index (χ2n) is 5.96. The lowest BCUT2D eigenvalue weighted by molar-refractivity contribution is -0.117. The fourth-order valence-corrected chi connectivity index (χ4v) is 3.39. The van der Waals surface area contributed by atoms with Crippen molar-refractivity contribution in [3.8, 4) is 0 Å². The first-order valence-corrected chi connectivity index (χ1v) is 9.14. The number of anilines is 1. The number of carbonyl (C=O) groups excluding carboxylic acids is 1. The zero-order chi connectivity index (χ0) is 17.9. The van der Waals surface area contributed by atoms with Crippen LogP contribution >= 0.6 is 0 Å². The third kappa shape index (κ3) is 4.43. The minimum Gasteiger partial charge on any atom is -0.324 e. The second kappa shape index (κ2) is 7.15. The molecule has 0 spiro atoms. The summed E-state index contributed by atoms with van der Waals surface area (Å²) in [5.41, 5.74) is 3.59. The predicted molar refractivity (Wildman–Crippen MR) is 95.5 cm³/mol. The Kier molecular flexibility index (Phi) is 5.41. The SMILES string of the molecule is Cc1ccc(S(=O)(=O)N[C@@H](C)C(=O)Nc2cc(C)ccc2C)cc1. The van der Waals surface area contributed by atoms with Crippen molar-refractivity contribution in [1.29, 1.82) is 0 Å². The molecule has 5 nitrogen and oxygen atoms in total. The summed E-state index contributed by atoms with van der Waals surface area (Å²) >= 11 is 0. The molecular formula is C18H22N2O3S. The van der Waals surface area contributed by atoms with E-state index >= 15 is 0 Å². The highest BCUT2D eigenvalue weighted by Gasteiger charge is 2.22. The van der Waals surface area contributed by atoms with Gasteiger partial charge in [-0.05, 0) is 57.0 Å². The van der Waals surface area contributed by atoms with Gasteiger partial charge < -0.3 is 5.32 Å². The molecule has 1 atom stereocenters. The number of hydrogen-bond donors (Lipinski definition) is 2. The smallest absolute Gasteiger partial charge is 0.242 e. The molecule has 0 bridgehead atoms. The molecule has 0 aliphatic rings. The van der Waals surface area contributed by atoms with E-state index in [1.54, 1.807) is 12.1 Å². The fraction of sp³-hybridized carbons (Fsp3) is 0.278. The Bertz CT molecular complexity index is 843. The van der Waals surface area contributed by atoms with Gasteiger partial charge in [-0.25, -0.2) is 8.42 Å². The van der Waals surface area contributed by atoms with Crippen molar-refractivity contribution in [2.75, 3.05) is 5.32 Å². The topological polar surface area (TPSA) is 75.3 Å². The molecule has 128 valence electrons. The van der Waals surface area contributed by atoms with E-state index in [2.05, 4.69) is 10.0 Å². The Labute approximate surface area is 143 Å². The molecule has 0 aliphatic heterocycles. The average Bonchev–Trinajstić information content (AvgIpc) is 2.51. The Hall–Kier alpha value is -2.18. The van der Waals surface area contributed by atoms with Crippen molar-refractivity contribution in [3.05, 3.63) is 59.2 Å². The van der Waals surface area contributed by atoms with E-state index in [0.29, 0.717) is 5.69 Å². The number of benzene rings is 2. The van der Waals surface area contributed by atoms with E-state index in [0.717, 1.165) is 16.7 Å². The van der Waals surface area contributed by atoms with Gasteiger partial charge in [-0.2, -0.15) is 4.72 Å². The van der Waals surface area contributed by atoms with Crippen LogP contribution in [-0.2, 0) is 14.8 Å². The van der Waals surface area contributed by atoms with Gasteiger partial charge in [0.15, 0.2) is 0 Å². The van der Waals surface area contributed by atoms with Gasteiger partial charge in [-0.1, -0.05) is 29.8 Å². The maximum absolute atomic E-state index is 12.3. The normalized spacial score (nSPS) is 12.7. The van der Waals surface area contributed by atoms with E-state index < -0.39 is 22.0 Å². The average molecular weight is 346 g/mol. The molecule has 6 heteroatoms. The Morgan fingerprint density at radius 2 is 1.54 bits per heavy atom. The van der Waals surface area contributed by atoms with Crippen LogP contribution in [0.1, 0.15) is 23.6 Å². The number of carbonyl (C=O) groups is 1. The maximum Gasteiger partial charge on any atom is 0.242 e. The van der Waals surface area contributed by atoms with Crippen molar-refractivity contribution >= 4 is 21.6 Å². The summed E-state index contributed by atoms with van der Waals surface area (Å²) < 4.78 is 27.1. The highest BCUT2D eigenvalue weighted by Crippen LogP contribution is 2.17. The quantitative estimate of drug-likeness (QED) is 0.874. The molecule has 0 fully saturated rings. The molecule has 2 aromatic rings. The monoisotopic (exact) mass is 346 g/mol. The molecule has 0 saturated heterocycles. The molecule has 2 rings (SSSR count). The molecule has 0 radical (unpaired) electrons. The number of nitrogens with one attached hydrogen (secondary N) is 2. The van der Waals surface area contributed by atoms with Crippen LogP contribution in [0.5, 0.6) is 0 Å². The van der Waals surface area contributed by atoms with E-state index in [4.69, 9.17) is 0 Å². The number of rotatable bonds is 5. The Morgan fingerprint density at radius 1 is 0.958 bits per heavy atom. The summed E-state index contributed by atoms with van der Waals surface area (Å²) in [7, 11) is -3.74. The van der Waals surface area contributed by atoms with Gasteiger partial charge in [0.05, 0.1) is 10.9 Å². The van der Waals surface area contributed by atoms with Crippen LogP contribution in [0.4, 0.5) is 5.69 Å².